The molecule has 120 valence electrons. The highest BCUT2D eigenvalue weighted by atomic mass is 32.2. The fourth-order valence-corrected chi connectivity index (χ4v) is 4.13. The van der Waals surface area contributed by atoms with Gasteiger partial charge in [-0.15, -0.1) is 11.8 Å². The van der Waals surface area contributed by atoms with Gasteiger partial charge in [-0.1, -0.05) is 13.8 Å². The van der Waals surface area contributed by atoms with Gasteiger partial charge in [0.2, 0.25) is 0 Å². The van der Waals surface area contributed by atoms with Crippen molar-refractivity contribution in [2.24, 2.45) is 0 Å². The minimum absolute atomic E-state index is 0.0960. The van der Waals surface area contributed by atoms with Crippen LogP contribution < -0.4 is 5.32 Å². The van der Waals surface area contributed by atoms with Crippen LogP contribution >= 0.6 is 11.8 Å². The predicted octanol–water partition coefficient (Wildman–Crippen LogP) is 2.32. The number of sulfone groups is 1. The first kappa shape index (κ1) is 18.5. The van der Waals surface area contributed by atoms with Crippen molar-refractivity contribution in [3.05, 3.63) is 24.3 Å². The Morgan fingerprint density at radius 3 is 2.33 bits per heavy atom. The fourth-order valence-electron chi connectivity index (χ4n) is 2.29. The molecule has 2 N–H and O–H groups in total. The molecule has 1 rings (SSSR count). The predicted molar refractivity (Wildman–Crippen MR) is 88.7 cm³/mol. The molecule has 1 aromatic carbocycles. The van der Waals surface area contributed by atoms with Gasteiger partial charge in [0.05, 0.1) is 11.5 Å². The summed E-state index contributed by atoms with van der Waals surface area (Å²) in [6.45, 7) is 7.06. The smallest absolute Gasteiger partial charge is 0.175 e. The first-order chi connectivity index (χ1) is 9.70. The molecule has 21 heavy (non-hydrogen) atoms. The van der Waals surface area contributed by atoms with Crippen LogP contribution in [-0.2, 0) is 9.84 Å². The molecule has 2 unspecified atom stereocenters. The van der Waals surface area contributed by atoms with E-state index in [0.29, 0.717) is 10.1 Å². The molecule has 0 bridgehead atoms. The van der Waals surface area contributed by atoms with E-state index in [4.69, 9.17) is 0 Å². The molecule has 0 radical (unpaired) electrons. The number of aliphatic hydroxyl groups is 1. The monoisotopic (exact) mass is 331 g/mol. The molecule has 2 atom stereocenters. The lowest BCUT2D eigenvalue weighted by Crippen LogP contribution is -2.47. The maximum absolute atomic E-state index is 11.4. The Morgan fingerprint density at radius 1 is 1.33 bits per heavy atom. The first-order valence-corrected chi connectivity index (χ1v) is 9.80. The first-order valence-electron chi connectivity index (χ1n) is 7.03. The fraction of sp³-hybridized carbons (Fsp3) is 0.600. The van der Waals surface area contributed by atoms with Gasteiger partial charge >= 0.3 is 0 Å². The molecule has 1 aromatic rings. The zero-order chi connectivity index (χ0) is 16.1. The number of thioether (sulfide) groups is 1. The van der Waals surface area contributed by atoms with Gasteiger partial charge in [0, 0.05) is 21.9 Å². The molecule has 0 aliphatic rings. The Morgan fingerprint density at radius 2 is 1.90 bits per heavy atom. The van der Waals surface area contributed by atoms with Gasteiger partial charge in [-0.05, 0) is 44.2 Å². The summed E-state index contributed by atoms with van der Waals surface area (Å²) in [5.74, 6) is 0. The number of benzene rings is 1. The maximum Gasteiger partial charge on any atom is 0.175 e. The standard InChI is InChI=1S/C15H25NO3S2/c1-5-16-15(3,11-17)10-12(2)20-13-6-8-14(9-7-13)21(4,18)19/h6-9,12,16-17H,5,10-11H2,1-4H3. The topological polar surface area (TPSA) is 66.4 Å². The van der Waals surface area contributed by atoms with Gasteiger partial charge in [0.1, 0.15) is 0 Å². The SMILES string of the molecule is CCNC(C)(CO)CC(C)Sc1ccc(S(C)(=O)=O)cc1. The minimum Gasteiger partial charge on any atom is -0.394 e. The molecule has 6 heteroatoms. The second-order valence-corrected chi connectivity index (χ2v) is 9.15. The van der Waals surface area contributed by atoms with Gasteiger partial charge in [-0.2, -0.15) is 0 Å². The van der Waals surface area contributed by atoms with Gasteiger partial charge < -0.3 is 10.4 Å². The zero-order valence-electron chi connectivity index (χ0n) is 13.1. The average Bonchev–Trinajstić information content (AvgIpc) is 2.38. The van der Waals surface area contributed by atoms with E-state index in [0.717, 1.165) is 17.9 Å². The Hall–Kier alpha value is -0.560. The van der Waals surface area contributed by atoms with Crippen LogP contribution in [0.1, 0.15) is 27.2 Å². The summed E-state index contributed by atoms with van der Waals surface area (Å²) in [7, 11) is -3.14. The molecule has 0 spiro atoms. The summed E-state index contributed by atoms with van der Waals surface area (Å²) < 4.78 is 22.8. The van der Waals surface area contributed by atoms with Crippen molar-refractivity contribution in [3.8, 4) is 0 Å². The number of aliphatic hydroxyl groups excluding tert-OH is 1. The van der Waals surface area contributed by atoms with E-state index >= 15 is 0 Å². The van der Waals surface area contributed by atoms with Crippen LogP contribution in [0.2, 0.25) is 0 Å². The molecule has 0 saturated heterocycles. The summed E-state index contributed by atoms with van der Waals surface area (Å²) in [6.07, 6.45) is 2.04. The lowest BCUT2D eigenvalue weighted by Gasteiger charge is -2.31. The van der Waals surface area contributed by atoms with Crippen molar-refractivity contribution in [2.45, 2.75) is 47.8 Å². The van der Waals surface area contributed by atoms with E-state index in [1.807, 2.05) is 26.0 Å². The van der Waals surface area contributed by atoms with E-state index in [1.54, 1.807) is 23.9 Å². The Kier molecular flexibility index (Phi) is 6.71. The molecule has 0 aromatic heterocycles. The number of hydrogen-bond donors (Lipinski definition) is 2. The molecule has 0 saturated carbocycles. The largest absolute Gasteiger partial charge is 0.394 e. The Balaban J connectivity index is 2.69. The lowest BCUT2D eigenvalue weighted by molar-refractivity contribution is 0.168. The van der Waals surface area contributed by atoms with Gasteiger partial charge in [-0.25, -0.2) is 8.42 Å². The zero-order valence-corrected chi connectivity index (χ0v) is 14.7. The Bertz CT molecular complexity index is 543. The summed E-state index contributed by atoms with van der Waals surface area (Å²) in [5, 5.41) is 13.1. The summed E-state index contributed by atoms with van der Waals surface area (Å²) >= 11 is 1.69. The molecule has 0 fully saturated rings. The lowest BCUT2D eigenvalue weighted by atomic mass is 9.97. The molecule has 0 heterocycles. The van der Waals surface area contributed by atoms with E-state index in [2.05, 4.69) is 12.2 Å². The molecule has 0 amide bonds. The van der Waals surface area contributed by atoms with Crippen LogP contribution in [-0.4, -0.2) is 43.7 Å². The van der Waals surface area contributed by atoms with Gasteiger partial charge in [-0.3, -0.25) is 0 Å². The highest BCUT2D eigenvalue weighted by molar-refractivity contribution is 8.00. The second-order valence-electron chi connectivity index (χ2n) is 5.63. The molecule has 0 aliphatic carbocycles. The number of hydrogen-bond acceptors (Lipinski definition) is 5. The third-order valence-corrected chi connectivity index (χ3v) is 5.52. The van der Waals surface area contributed by atoms with Crippen LogP contribution in [0.4, 0.5) is 0 Å². The Labute approximate surface area is 132 Å². The number of likely N-dealkylation sites (N-methyl/N-ethyl adjacent to an activating group) is 1. The highest BCUT2D eigenvalue weighted by Crippen LogP contribution is 2.29. The second kappa shape index (κ2) is 7.63. The van der Waals surface area contributed by atoms with Crippen molar-refractivity contribution in [3.63, 3.8) is 0 Å². The minimum atomic E-state index is -3.14. The number of rotatable bonds is 8. The maximum atomic E-state index is 11.4. The van der Waals surface area contributed by atoms with Crippen LogP contribution in [0.25, 0.3) is 0 Å². The number of nitrogens with one attached hydrogen (secondary N) is 1. The van der Waals surface area contributed by atoms with Crippen LogP contribution in [0.3, 0.4) is 0 Å². The summed E-state index contributed by atoms with van der Waals surface area (Å²) in [6, 6.07) is 6.95. The van der Waals surface area contributed by atoms with E-state index < -0.39 is 9.84 Å². The van der Waals surface area contributed by atoms with Crippen LogP contribution in [0.5, 0.6) is 0 Å². The normalized spacial score (nSPS) is 16.4. The molecule has 0 aliphatic heterocycles. The highest BCUT2D eigenvalue weighted by Gasteiger charge is 2.25. The third kappa shape index (κ3) is 5.98. The van der Waals surface area contributed by atoms with Crippen molar-refractivity contribution < 1.29 is 13.5 Å². The summed E-state index contributed by atoms with van der Waals surface area (Å²) in [4.78, 5) is 1.37. The van der Waals surface area contributed by atoms with E-state index in [1.165, 1.54) is 6.26 Å². The van der Waals surface area contributed by atoms with Crippen LogP contribution in [0, 0.1) is 0 Å². The van der Waals surface area contributed by atoms with Gasteiger partial charge in [0.25, 0.3) is 0 Å². The van der Waals surface area contributed by atoms with E-state index in [9.17, 15) is 13.5 Å². The van der Waals surface area contributed by atoms with Crippen molar-refractivity contribution >= 4 is 21.6 Å². The molecule has 4 nitrogen and oxygen atoms in total. The summed E-state index contributed by atoms with van der Waals surface area (Å²) in [5.41, 5.74) is -0.284. The van der Waals surface area contributed by atoms with Crippen molar-refractivity contribution in [1.29, 1.82) is 0 Å². The molecular formula is C15H25NO3S2. The average molecular weight is 332 g/mol. The van der Waals surface area contributed by atoms with Crippen molar-refractivity contribution in [2.75, 3.05) is 19.4 Å². The van der Waals surface area contributed by atoms with Crippen LogP contribution in [0.15, 0.2) is 34.1 Å². The van der Waals surface area contributed by atoms with Gasteiger partial charge in [0.15, 0.2) is 9.84 Å². The van der Waals surface area contributed by atoms with E-state index in [-0.39, 0.29) is 12.1 Å². The van der Waals surface area contributed by atoms with Crippen molar-refractivity contribution in [1.82, 2.24) is 5.32 Å². The quantitative estimate of drug-likeness (QED) is 0.716. The third-order valence-electron chi connectivity index (χ3n) is 3.28. The molecular weight excluding hydrogens is 306 g/mol.